The molecule has 0 aliphatic heterocycles. The molecule has 3 N–H and O–H groups in total. The number of ether oxygens (including phenoxy) is 1. The largest absolute Gasteiger partial charge is 0.490 e. The van der Waals surface area contributed by atoms with E-state index in [-0.39, 0.29) is 23.9 Å². The smallest absolute Gasteiger partial charge is 0.223 e. The molecule has 0 radical (unpaired) electrons. The second-order valence-electron chi connectivity index (χ2n) is 6.26. The third-order valence-corrected chi connectivity index (χ3v) is 4.46. The monoisotopic (exact) mass is 316 g/mol. The molecular weight excluding hydrogens is 292 g/mol. The fourth-order valence-electron chi connectivity index (χ4n) is 3.20. The lowest BCUT2D eigenvalue weighted by molar-refractivity contribution is -0.125. The van der Waals surface area contributed by atoms with Gasteiger partial charge in [0.15, 0.2) is 11.3 Å². The summed E-state index contributed by atoms with van der Waals surface area (Å²) in [5.41, 5.74) is 6.62. The van der Waals surface area contributed by atoms with Crippen LogP contribution in [0.4, 0.5) is 0 Å². The molecule has 3 rings (SSSR count). The SMILES string of the molecule is CCOc1cccc2cc(C(C)NC(=O)C3CCC(N)C3)oc12. The van der Waals surface area contributed by atoms with E-state index in [0.717, 1.165) is 41.7 Å². The molecule has 1 aliphatic rings. The van der Waals surface area contributed by atoms with E-state index in [4.69, 9.17) is 14.9 Å². The molecule has 3 unspecified atom stereocenters. The summed E-state index contributed by atoms with van der Waals surface area (Å²) < 4.78 is 11.5. The van der Waals surface area contributed by atoms with E-state index < -0.39 is 0 Å². The van der Waals surface area contributed by atoms with Crippen LogP contribution in [0.1, 0.15) is 44.9 Å². The number of hydrogen-bond acceptors (Lipinski definition) is 4. The van der Waals surface area contributed by atoms with Crippen LogP contribution < -0.4 is 15.8 Å². The quantitative estimate of drug-likeness (QED) is 0.888. The third kappa shape index (κ3) is 3.34. The van der Waals surface area contributed by atoms with Crippen molar-refractivity contribution < 1.29 is 13.9 Å². The summed E-state index contributed by atoms with van der Waals surface area (Å²) in [6.45, 7) is 4.46. The molecule has 5 nitrogen and oxygen atoms in total. The number of amides is 1. The van der Waals surface area contributed by atoms with Crippen molar-refractivity contribution in [1.82, 2.24) is 5.32 Å². The van der Waals surface area contributed by atoms with Gasteiger partial charge in [-0.05, 0) is 45.2 Å². The molecule has 23 heavy (non-hydrogen) atoms. The van der Waals surface area contributed by atoms with Crippen molar-refractivity contribution in [2.24, 2.45) is 11.7 Å². The Labute approximate surface area is 136 Å². The molecule has 0 saturated heterocycles. The number of para-hydroxylation sites is 1. The first-order chi connectivity index (χ1) is 11.1. The summed E-state index contributed by atoms with van der Waals surface area (Å²) in [4.78, 5) is 12.3. The van der Waals surface area contributed by atoms with Crippen molar-refractivity contribution in [3.63, 3.8) is 0 Å². The Balaban J connectivity index is 1.74. The number of hydrogen-bond donors (Lipinski definition) is 2. The Morgan fingerprint density at radius 2 is 2.30 bits per heavy atom. The van der Waals surface area contributed by atoms with Gasteiger partial charge >= 0.3 is 0 Å². The highest BCUT2D eigenvalue weighted by Crippen LogP contribution is 2.31. The molecule has 1 heterocycles. The molecule has 1 amide bonds. The molecule has 2 aromatic rings. The van der Waals surface area contributed by atoms with Gasteiger partial charge in [0.2, 0.25) is 5.91 Å². The highest BCUT2D eigenvalue weighted by atomic mass is 16.5. The maximum atomic E-state index is 12.3. The number of furan rings is 1. The third-order valence-electron chi connectivity index (χ3n) is 4.46. The normalized spacial score (nSPS) is 22.2. The summed E-state index contributed by atoms with van der Waals surface area (Å²) in [5, 5.41) is 4.02. The first-order valence-electron chi connectivity index (χ1n) is 8.29. The Kier molecular flexibility index (Phi) is 4.57. The van der Waals surface area contributed by atoms with Gasteiger partial charge in [-0.15, -0.1) is 0 Å². The van der Waals surface area contributed by atoms with Crippen LogP contribution in [0.15, 0.2) is 28.7 Å². The molecule has 1 aliphatic carbocycles. The topological polar surface area (TPSA) is 77.5 Å². The predicted molar refractivity (Wildman–Crippen MR) is 89.3 cm³/mol. The summed E-state index contributed by atoms with van der Waals surface area (Å²) in [6.07, 6.45) is 2.57. The lowest BCUT2D eigenvalue weighted by Crippen LogP contribution is -2.32. The molecule has 1 fully saturated rings. The highest BCUT2D eigenvalue weighted by molar-refractivity contribution is 5.84. The van der Waals surface area contributed by atoms with Crippen LogP contribution in [-0.4, -0.2) is 18.6 Å². The lowest BCUT2D eigenvalue weighted by atomic mass is 10.1. The molecule has 1 aromatic heterocycles. The zero-order chi connectivity index (χ0) is 16.4. The van der Waals surface area contributed by atoms with Gasteiger partial charge in [-0.2, -0.15) is 0 Å². The van der Waals surface area contributed by atoms with E-state index in [0.29, 0.717) is 6.61 Å². The Morgan fingerprint density at radius 3 is 3.00 bits per heavy atom. The van der Waals surface area contributed by atoms with Gasteiger partial charge in [0.1, 0.15) is 5.76 Å². The molecule has 3 atom stereocenters. The minimum absolute atomic E-state index is 0.0239. The molecule has 1 aromatic carbocycles. The van der Waals surface area contributed by atoms with Gasteiger partial charge in [-0.3, -0.25) is 4.79 Å². The van der Waals surface area contributed by atoms with E-state index in [2.05, 4.69) is 5.32 Å². The van der Waals surface area contributed by atoms with Crippen LogP contribution in [0, 0.1) is 5.92 Å². The average Bonchev–Trinajstić information content (AvgIpc) is 3.14. The fraction of sp³-hybridized carbons (Fsp3) is 0.500. The maximum absolute atomic E-state index is 12.3. The summed E-state index contributed by atoms with van der Waals surface area (Å²) in [6, 6.07) is 7.75. The second kappa shape index (κ2) is 6.62. The molecule has 1 saturated carbocycles. The number of nitrogens with two attached hydrogens (primary N) is 1. The van der Waals surface area contributed by atoms with Crippen molar-refractivity contribution in [2.75, 3.05) is 6.61 Å². The summed E-state index contributed by atoms with van der Waals surface area (Å²) in [7, 11) is 0. The second-order valence-corrected chi connectivity index (χ2v) is 6.26. The zero-order valence-electron chi connectivity index (χ0n) is 13.7. The van der Waals surface area contributed by atoms with Gasteiger partial charge in [0.25, 0.3) is 0 Å². The summed E-state index contributed by atoms with van der Waals surface area (Å²) in [5.74, 6) is 1.56. The van der Waals surface area contributed by atoms with Crippen LogP contribution in [0.5, 0.6) is 5.75 Å². The molecule has 5 heteroatoms. The van der Waals surface area contributed by atoms with Crippen LogP contribution in [0.2, 0.25) is 0 Å². The Morgan fingerprint density at radius 1 is 1.48 bits per heavy atom. The van der Waals surface area contributed by atoms with E-state index >= 15 is 0 Å². The first kappa shape index (κ1) is 15.9. The molecular formula is C18H24N2O3. The number of rotatable bonds is 5. The molecule has 0 bridgehead atoms. The van der Waals surface area contributed by atoms with E-state index in [9.17, 15) is 4.79 Å². The highest BCUT2D eigenvalue weighted by Gasteiger charge is 2.29. The Bertz CT molecular complexity index is 695. The summed E-state index contributed by atoms with van der Waals surface area (Å²) >= 11 is 0. The van der Waals surface area contributed by atoms with E-state index in [1.54, 1.807) is 0 Å². The van der Waals surface area contributed by atoms with Crippen molar-refractivity contribution in [2.45, 2.75) is 45.2 Å². The first-order valence-corrected chi connectivity index (χ1v) is 8.29. The van der Waals surface area contributed by atoms with Crippen LogP contribution in [0.3, 0.4) is 0 Å². The van der Waals surface area contributed by atoms with Gasteiger partial charge in [-0.25, -0.2) is 0 Å². The van der Waals surface area contributed by atoms with Crippen molar-refractivity contribution in [3.8, 4) is 5.75 Å². The minimum atomic E-state index is -0.179. The minimum Gasteiger partial charge on any atom is -0.490 e. The molecule has 124 valence electrons. The number of carbonyl (C=O) groups is 1. The average molecular weight is 316 g/mol. The van der Waals surface area contributed by atoms with Crippen LogP contribution in [0.25, 0.3) is 11.0 Å². The van der Waals surface area contributed by atoms with Crippen molar-refractivity contribution in [3.05, 3.63) is 30.0 Å². The van der Waals surface area contributed by atoms with Crippen molar-refractivity contribution in [1.29, 1.82) is 0 Å². The standard InChI is InChI=1S/C18H24N2O3/c1-3-22-15-6-4-5-12-10-16(23-17(12)15)11(2)20-18(21)13-7-8-14(19)9-13/h4-6,10-11,13-14H,3,7-9,19H2,1-2H3,(H,20,21). The van der Waals surface area contributed by atoms with Crippen LogP contribution in [-0.2, 0) is 4.79 Å². The van der Waals surface area contributed by atoms with Crippen molar-refractivity contribution >= 4 is 16.9 Å². The van der Waals surface area contributed by atoms with Gasteiger partial charge < -0.3 is 20.2 Å². The number of nitrogens with one attached hydrogen (secondary N) is 1. The fourth-order valence-corrected chi connectivity index (χ4v) is 3.20. The van der Waals surface area contributed by atoms with Gasteiger partial charge in [0.05, 0.1) is 12.6 Å². The number of fused-ring (bicyclic) bond motifs is 1. The lowest BCUT2D eigenvalue weighted by Gasteiger charge is -2.15. The van der Waals surface area contributed by atoms with Gasteiger partial charge in [0, 0.05) is 17.3 Å². The Hall–Kier alpha value is -2.01. The zero-order valence-corrected chi connectivity index (χ0v) is 13.7. The van der Waals surface area contributed by atoms with Crippen LogP contribution >= 0.6 is 0 Å². The maximum Gasteiger partial charge on any atom is 0.223 e. The number of carbonyl (C=O) groups excluding carboxylic acids is 1. The number of benzene rings is 1. The van der Waals surface area contributed by atoms with Gasteiger partial charge in [-0.1, -0.05) is 12.1 Å². The van der Waals surface area contributed by atoms with E-state index in [1.165, 1.54) is 0 Å². The van der Waals surface area contributed by atoms with E-state index in [1.807, 2.05) is 38.1 Å². The molecule has 0 spiro atoms. The predicted octanol–water partition coefficient (Wildman–Crippen LogP) is 3.14.